The minimum absolute atomic E-state index is 0.157. The summed E-state index contributed by atoms with van der Waals surface area (Å²) in [6.45, 7) is 0.631. The van der Waals surface area contributed by atoms with Crippen LogP contribution in [0.5, 0.6) is 0 Å². The second-order valence-electron chi connectivity index (χ2n) is 5.33. The summed E-state index contributed by atoms with van der Waals surface area (Å²) in [4.78, 5) is 33.4. The standard InChI is InChI=1S/C21H18O5/c1-25-21(24)19-10-6-17(7-11-19)9-13-20(23)12-8-16-2-4-18(5-3-16)14-26-15-22/h2-13,15H,14H2,1H3/b12-8+,13-9+. The Labute approximate surface area is 151 Å². The largest absolute Gasteiger partial charge is 0.465 e. The quantitative estimate of drug-likeness (QED) is 0.414. The Morgan fingerprint density at radius 2 is 1.42 bits per heavy atom. The maximum atomic E-state index is 11.9. The van der Waals surface area contributed by atoms with Gasteiger partial charge in [-0.2, -0.15) is 0 Å². The van der Waals surface area contributed by atoms with Crippen molar-refractivity contribution in [1.82, 2.24) is 0 Å². The van der Waals surface area contributed by atoms with Gasteiger partial charge in [-0.05, 0) is 41.0 Å². The monoisotopic (exact) mass is 350 g/mol. The molecule has 2 rings (SSSR count). The Kier molecular flexibility index (Phi) is 7.06. The van der Waals surface area contributed by atoms with Crippen molar-refractivity contribution in [1.29, 1.82) is 0 Å². The van der Waals surface area contributed by atoms with Crippen molar-refractivity contribution in [2.75, 3.05) is 7.11 Å². The third-order valence-electron chi connectivity index (χ3n) is 3.51. The number of hydrogen-bond donors (Lipinski definition) is 0. The van der Waals surface area contributed by atoms with Crippen LogP contribution in [0.2, 0.25) is 0 Å². The molecule has 0 aliphatic heterocycles. The molecule has 0 atom stereocenters. The van der Waals surface area contributed by atoms with Crippen LogP contribution in [0.15, 0.2) is 60.7 Å². The molecule has 5 nitrogen and oxygen atoms in total. The van der Waals surface area contributed by atoms with Crippen molar-refractivity contribution in [2.45, 2.75) is 6.61 Å². The van der Waals surface area contributed by atoms with Gasteiger partial charge in [0.25, 0.3) is 6.47 Å². The first kappa shape index (κ1) is 18.9. The van der Waals surface area contributed by atoms with Crippen molar-refractivity contribution < 1.29 is 23.9 Å². The van der Waals surface area contributed by atoms with Gasteiger partial charge in [0, 0.05) is 0 Å². The lowest BCUT2D eigenvalue weighted by molar-refractivity contribution is -0.129. The molecular weight excluding hydrogens is 332 g/mol. The number of ether oxygens (including phenoxy) is 2. The number of ketones is 1. The summed E-state index contributed by atoms with van der Waals surface area (Å²) in [5, 5.41) is 0. The van der Waals surface area contributed by atoms with Gasteiger partial charge in [0.1, 0.15) is 6.61 Å². The lowest BCUT2D eigenvalue weighted by Crippen LogP contribution is -2.00. The number of esters is 1. The van der Waals surface area contributed by atoms with Gasteiger partial charge in [0.05, 0.1) is 12.7 Å². The minimum Gasteiger partial charge on any atom is -0.465 e. The summed E-state index contributed by atoms with van der Waals surface area (Å²) in [5.41, 5.74) is 3.00. The van der Waals surface area contributed by atoms with E-state index in [1.54, 1.807) is 36.4 Å². The van der Waals surface area contributed by atoms with Gasteiger partial charge >= 0.3 is 5.97 Å². The lowest BCUT2D eigenvalue weighted by Gasteiger charge is -1.99. The van der Waals surface area contributed by atoms with Gasteiger partial charge in [-0.15, -0.1) is 0 Å². The number of rotatable bonds is 8. The zero-order valence-electron chi connectivity index (χ0n) is 14.3. The highest BCUT2D eigenvalue weighted by atomic mass is 16.5. The number of methoxy groups -OCH3 is 1. The third kappa shape index (κ3) is 5.87. The number of allylic oxidation sites excluding steroid dienone is 2. The van der Waals surface area contributed by atoms with Gasteiger partial charge in [0.15, 0.2) is 5.78 Å². The molecular formula is C21H18O5. The molecule has 0 radical (unpaired) electrons. The number of carbonyl (C=O) groups excluding carboxylic acids is 3. The molecule has 132 valence electrons. The van der Waals surface area contributed by atoms with Crippen molar-refractivity contribution in [3.63, 3.8) is 0 Å². The van der Waals surface area contributed by atoms with E-state index in [0.29, 0.717) is 12.0 Å². The van der Waals surface area contributed by atoms with E-state index in [-0.39, 0.29) is 12.4 Å². The molecule has 0 amide bonds. The average molecular weight is 350 g/mol. The molecule has 0 fully saturated rings. The fourth-order valence-corrected chi connectivity index (χ4v) is 2.12. The SMILES string of the molecule is COC(=O)c1ccc(/C=C/C(=O)/C=C/c2ccc(COC=O)cc2)cc1. The molecule has 0 heterocycles. The van der Waals surface area contributed by atoms with Crippen LogP contribution in [0.1, 0.15) is 27.0 Å². The average Bonchev–Trinajstić information content (AvgIpc) is 2.69. The predicted octanol–water partition coefficient (Wildman–Crippen LogP) is 3.44. The molecule has 0 unspecified atom stereocenters. The fourth-order valence-electron chi connectivity index (χ4n) is 2.12. The first-order chi connectivity index (χ1) is 12.6. The zero-order chi connectivity index (χ0) is 18.8. The van der Waals surface area contributed by atoms with Crippen LogP contribution in [0.25, 0.3) is 12.2 Å². The smallest absolute Gasteiger partial charge is 0.337 e. The van der Waals surface area contributed by atoms with Crippen molar-refractivity contribution in [3.05, 3.63) is 82.9 Å². The Balaban J connectivity index is 1.92. The third-order valence-corrected chi connectivity index (χ3v) is 3.51. The molecule has 0 saturated heterocycles. The molecule has 0 aliphatic rings. The molecule has 0 aromatic heterocycles. The summed E-state index contributed by atoms with van der Waals surface area (Å²) in [7, 11) is 1.33. The Morgan fingerprint density at radius 3 is 1.92 bits per heavy atom. The lowest BCUT2D eigenvalue weighted by atomic mass is 10.1. The normalized spacial score (nSPS) is 10.8. The van der Waals surface area contributed by atoms with Crippen molar-refractivity contribution in [3.8, 4) is 0 Å². The molecule has 0 spiro atoms. The van der Waals surface area contributed by atoms with E-state index in [2.05, 4.69) is 9.47 Å². The van der Waals surface area contributed by atoms with Crippen LogP contribution in [0, 0.1) is 0 Å². The number of hydrogen-bond acceptors (Lipinski definition) is 5. The van der Waals surface area contributed by atoms with Gasteiger partial charge in [0.2, 0.25) is 0 Å². The molecule has 0 N–H and O–H groups in total. The Hall–Kier alpha value is -3.47. The van der Waals surface area contributed by atoms with E-state index >= 15 is 0 Å². The summed E-state index contributed by atoms with van der Waals surface area (Å²) in [5.74, 6) is -0.557. The van der Waals surface area contributed by atoms with Crippen molar-refractivity contribution in [2.24, 2.45) is 0 Å². The molecule has 26 heavy (non-hydrogen) atoms. The Morgan fingerprint density at radius 1 is 0.885 bits per heavy atom. The molecule has 2 aromatic rings. The van der Waals surface area contributed by atoms with E-state index in [9.17, 15) is 14.4 Å². The van der Waals surface area contributed by atoms with Gasteiger partial charge in [-0.3, -0.25) is 9.59 Å². The van der Waals surface area contributed by atoms with Crippen molar-refractivity contribution >= 4 is 30.4 Å². The van der Waals surface area contributed by atoms with Crippen LogP contribution in [-0.4, -0.2) is 25.3 Å². The second kappa shape index (κ2) is 9.74. The number of carbonyl (C=O) groups is 3. The van der Waals surface area contributed by atoms with E-state index in [4.69, 9.17) is 0 Å². The van der Waals surface area contributed by atoms with E-state index in [1.165, 1.54) is 19.3 Å². The maximum absolute atomic E-state index is 11.9. The first-order valence-electron chi connectivity index (χ1n) is 7.85. The summed E-state index contributed by atoms with van der Waals surface area (Å²) >= 11 is 0. The van der Waals surface area contributed by atoms with Crippen LogP contribution in [0.4, 0.5) is 0 Å². The first-order valence-corrected chi connectivity index (χ1v) is 7.85. The highest BCUT2D eigenvalue weighted by Gasteiger charge is 2.03. The van der Waals surface area contributed by atoms with Gasteiger partial charge in [-0.1, -0.05) is 48.6 Å². The second-order valence-corrected chi connectivity index (χ2v) is 5.33. The highest BCUT2D eigenvalue weighted by molar-refractivity contribution is 6.04. The van der Waals surface area contributed by atoms with Crippen LogP contribution in [-0.2, 0) is 25.7 Å². The van der Waals surface area contributed by atoms with E-state index < -0.39 is 5.97 Å². The molecule has 0 bridgehead atoms. The Bertz CT molecular complexity index is 814. The van der Waals surface area contributed by atoms with Gasteiger partial charge in [-0.25, -0.2) is 4.79 Å². The van der Waals surface area contributed by atoms with E-state index in [0.717, 1.165) is 16.7 Å². The topological polar surface area (TPSA) is 69.7 Å². The van der Waals surface area contributed by atoms with Crippen LogP contribution >= 0.6 is 0 Å². The number of benzene rings is 2. The van der Waals surface area contributed by atoms with Crippen LogP contribution in [0.3, 0.4) is 0 Å². The minimum atomic E-state index is -0.400. The maximum Gasteiger partial charge on any atom is 0.337 e. The molecule has 0 aliphatic carbocycles. The fraction of sp³-hybridized carbons (Fsp3) is 0.0952. The van der Waals surface area contributed by atoms with Crippen LogP contribution < -0.4 is 0 Å². The summed E-state index contributed by atoms with van der Waals surface area (Å²) in [6.07, 6.45) is 6.30. The zero-order valence-corrected chi connectivity index (χ0v) is 14.3. The summed E-state index contributed by atoms with van der Waals surface area (Å²) in [6, 6.07) is 14.1. The molecule has 0 saturated carbocycles. The highest BCUT2D eigenvalue weighted by Crippen LogP contribution is 2.09. The summed E-state index contributed by atoms with van der Waals surface area (Å²) < 4.78 is 9.30. The van der Waals surface area contributed by atoms with E-state index in [1.807, 2.05) is 24.3 Å². The predicted molar refractivity (Wildman–Crippen MR) is 98.2 cm³/mol. The molecule has 2 aromatic carbocycles. The molecule has 5 heteroatoms. The van der Waals surface area contributed by atoms with Gasteiger partial charge < -0.3 is 9.47 Å².